The van der Waals surface area contributed by atoms with Gasteiger partial charge in [0.1, 0.15) is 18.5 Å². The summed E-state index contributed by atoms with van der Waals surface area (Å²) < 4.78 is 32.2. The van der Waals surface area contributed by atoms with Crippen LogP contribution in [-0.4, -0.2) is 71.4 Å². The van der Waals surface area contributed by atoms with Crippen molar-refractivity contribution in [2.75, 3.05) is 6.61 Å². The number of ether oxygens (including phenoxy) is 6. The predicted octanol–water partition coefficient (Wildman–Crippen LogP) is 3.21. The molecule has 0 spiro atoms. The maximum Gasteiger partial charge on any atom is 0.514 e. The average molecular weight is 596 g/mol. The summed E-state index contributed by atoms with van der Waals surface area (Å²) in [4.78, 5) is 60.7. The molecule has 14 heteroatoms. The Morgan fingerprint density at radius 2 is 1.33 bits per heavy atom. The number of esters is 3. The van der Waals surface area contributed by atoms with Crippen molar-refractivity contribution < 1.29 is 57.6 Å². The summed E-state index contributed by atoms with van der Waals surface area (Å²) in [7, 11) is 0. The molecule has 224 valence electrons. The van der Waals surface area contributed by atoms with Gasteiger partial charge < -0.3 is 33.5 Å². The number of hydrogen-bond acceptors (Lipinski definition) is 13. The van der Waals surface area contributed by atoms with Crippen LogP contribution in [0.5, 0.6) is 5.75 Å². The van der Waals surface area contributed by atoms with Gasteiger partial charge in [-0.2, -0.15) is 0 Å². The minimum Gasteiger partial charge on any atom is -0.463 e. The Bertz CT molecular complexity index is 1450. The summed E-state index contributed by atoms with van der Waals surface area (Å²) >= 11 is 0. The first-order valence-electron chi connectivity index (χ1n) is 12.7. The van der Waals surface area contributed by atoms with E-state index in [1.165, 1.54) is 24.3 Å². The van der Waals surface area contributed by atoms with Gasteiger partial charge in [-0.25, -0.2) is 14.4 Å². The van der Waals surface area contributed by atoms with Crippen LogP contribution in [-0.2, 0) is 28.5 Å². The van der Waals surface area contributed by atoms with Crippen molar-refractivity contribution >= 4 is 29.8 Å². The number of carbonyl (C=O) groups is 4. The molecule has 1 heterocycles. The standard InChI is InChI=1S/C29H25NO13/c1-17(31)38-16-22-23(41-26(32)18-8-4-2-5-9-18)24(43-29(35)39-21-14-12-20(13-15-21)30(36)37)25(28(34)40-22)42-27(33)19-10-6-3-7-11-19/h2-15,22-25,28,34H,16H2,1H3/t22-,23-,24+,25+,28?/m1/s1. The van der Waals surface area contributed by atoms with Gasteiger partial charge in [0.25, 0.3) is 5.69 Å². The third-order valence-corrected chi connectivity index (χ3v) is 6.05. The molecule has 1 saturated heterocycles. The van der Waals surface area contributed by atoms with Gasteiger partial charge >= 0.3 is 24.1 Å². The molecule has 1 aliphatic heterocycles. The molecule has 14 nitrogen and oxygen atoms in total. The number of nitrogens with zero attached hydrogens (tertiary/aromatic N) is 1. The molecule has 4 rings (SSSR count). The molecule has 3 aromatic rings. The molecule has 1 aliphatic rings. The molecule has 5 atom stereocenters. The van der Waals surface area contributed by atoms with Crippen molar-refractivity contribution in [3.63, 3.8) is 0 Å². The molecule has 0 amide bonds. The van der Waals surface area contributed by atoms with Crippen LogP contribution >= 0.6 is 0 Å². The SMILES string of the molecule is CC(=O)OC[C@H]1OC(O)[C@@H](OC(=O)c2ccccc2)[C@@H](OC(=O)Oc2ccc([N+](=O)[O-])cc2)[C@@H]1OC(=O)c1ccccc1. The fraction of sp³-hybridized carbons (Fsp3) is 0.241. The lowest BCUT2D eigenvalue weighted by Crippen LogP contribution is -2.62. The Hall–Kier alpha value is -5.34. The molecule has 43 heavy (non-hydrogen) atoms. The first-order chi connectivity index (χ1) is 20.6. The summed E-state index contributed by atoms with van der Waals surface area (Å²) in [5.41, 5.74) is -0.0750. The number of nitro benzene ring substituents is 1. The summed E-state index contributed by atoms with van der Waals surface area (Å²) in [6.45, 7) is 0.569. The van der Waals surface area contributed by atoms with Crippen LogP contribution in [0, 0.1) is 10.1 Å². The summed E-state index contributed by atoms with van der Waals surface area (Å²) in [6.07, 6.45) is -9.86. The maximum absolute atomic E-state index is 13.1. The van der Waals surface area contributed by atoms with Gasteiger partial charge in [-0.1, -0.05) is 36.4 Å². The second-order valence-corrected chi connectivity index (χ2v) is 9.03. The number of non-ortho nitro benzene ring substituents is 1. The highest BCUT2D eigenvalue weighted by molar-refractivity contribution is 5.90. The Morgan fingerprint density at radius 3 is 1.84 bits per heavy atom. The third-order valence-electron chi connectivity index (χ3n) is 6.05. The largest absolute Gasteiger partial charge is 0.514 e. The van der Waals surface area contributed by atoms with E-state index in [1.807, 2.05) is 0 Å². The Morgan fingerprint density at radius 1 is 0.791 bits per heavy atom. The number of aliphatic hydroxyl groups excluding tert-OH is 1. The zero-order valence-electron chi connectivity index (χ0n) is 22.5. The number of carbonyl (C=O) groups excluding carboxylic acids is 4. The number of aliphatic hydroxyl groups is 1. The lowest BCUT2D eigenvalue weighted by Gasteiger charge is -2.42. The quantitative estimate of drug-likeness (QED) is 0.125. The normalized spacial score (nSPS) is 21.1. The Balaban J connectivity index is 1.65. The van der Waals surface area contributed by atoms with Crippen molar-refractivity contribution in [1.82, 2.24) is 0 Å². The van der Waals surface area contributed by atoms with Crippen LogP contribution in [0.15, 0.2) is 84.9 Å². The number of hydrogen-bond donors (Lipinski definition) is 1. The van der Waals surface area contributed by atoms with Crippen molar-refractivity contribution in [1.29, 1.82) is 0 Å². The number of benzene rings is 3. The van der Waals surface area contributed by atoms with Gasteiger partial charge in [0, 0.05) is 19.1 Å². The van der Waals surface area contributed by atoms with E-state index >= 15 is 0 Å². The van der Waals surface area contributed by atoms with Crippen LogP contribution in [0.1, 0.15) is 27.6 Å². The molecule has 1 fully saturated rings. The van der Waals surface area contributed by atoms with Crippen LogP contribution in [0.2, 0.25) is 0 Å². The van der Waals surface area contributed by atoms with Gasteiger partial charge in [-0.05, 0) is 36.4 Å². The predicted molar refractivity (Wildman–Crippen MR) is 143 cm³/mol. The minimum absolute atomic E-state index is 0.0850. The topological polar surface area (TPSA) is 187 Å². The molecule has 0 radical (unpaired) electrons. The molecule has 0 aliphatic carbocycles. The molecule has 0 aromatic heterocycles. The van der Waals surface area contributed by atoms with E-state index in [9.17, 15) is 34.4 Å². The first kappa shape index (κ1) is 30.6. The van der Waals surface area contributed by atoms with Crippen molar-refractivity contribution in [2.24, 2.45) is 0 Å². The molecular weight excluding hydrogens is 570 g/mol. The van der Waals surface area contributed by atoms with Crippen molar-refractivity contribution in [3.8, 4) is 5.75 Å². The van der Waals surface area contributed by atoms with Gasteiger partial charge in [0.2, 0.25) is 0 Å². The highest BCUT2D eigenvalue weighted by Crippen LogP contribution is 2.30. The zero-order chi connectivity index (χ0) is 30.9. The highest BCUT2D eigenvalue weighted by Gasteiger charge is 2.53. The summed E-state index contributed by atoms with van der Waals surface area (Å²) in [6, 6.07) is 19.9. The second kappa shape index (κ2) is 14.0. The van der Waals surface area contributed by atoms with E-state index in [0.717, 1.165) is 31.2 Å². The van der Waals surface area contributed by atoms with Gasteiger partial charge in [-0.3, -0.25) is 14.9 Å². The third kappa shape index (κ3) is 8.12. The molecule has 0 bridgehead atoms. The zero-order valence-corrected chi connectivity index (χ0v) is 22.5. The Kier molecular flexibility index (Phi) is 9.98. The van der Waals surface area contributed by atoms with Crippen LogP contribution in [0.3, 0.4) is 0 Å². The fourth-order valence-electron chi connectivity index (χ4n) is 4.03. The minimum atomic E-state index is -1.95. The molecule has 1 N–H and O–H groups in total. The fourth-order valence-corrected chi connectivity index (χ4v) is 4.03. The van der Waals surface area contributed by atoms with E-state index in [-0.39, 0.29) is 22.6 Å². The van der Waals surface area contributed by atoms with Gasteiger partial charge in [-0.15, -0.1) is 0 Å². The van der Waals surface area contributed by atoms with E-state index in [4.69, 9.17) is 28.4 Å². The van der Waals surface area contributed by atoms with Crippen molar-refractivity contribution in [3.05, 3.63) is 106 Å². The van der Waals surface area contributed by atoms with E-state index in [1.54, 1.807) is 36.4 Å². The van der Waals surface area contributed by atoms with E-state index < -0.39 is 66.3 Å². The number of rotatable bonds is 9. The molecular formula is C29H25NO13. The molecule has 1 unspecified atom stereocenters. The Labute approximate surface area is 243 Å². The monoisotopic (exact) mass is 595 g/mol. The first-order valence-corrected chi connectivity index (χ1v) is 12.7. The smallest absolute Gasteiger partial charge is 0.463 e. The van der Waals surface area contributed by atoms with Crippen LogP contribution < -0.4 is 4.74 Å². The van der Waals surface area contributed by atoms with Crippen molar-refractivity contribution in [2.45, 2.75) is 37.6 Å². The van der Waals surface area contributed by atoms with Crippen LogP contribution in [0.4, 0.5) is 10.5 Å². The van der Waals surface area contributed by atoms with E-state index in [2.05, 4.69) is 0 Å². The van der Waals surface area contributed by atoms with Gasteiger partial charge in [0.15, 0.2) is 24.6 Å². The molecule has 0 saturated carbocycles. The maximum atomic E-state index is 13.1. The lowest BCUT2D eigenvalue weighted by molar-refractivity contribution is -0.384. The summed E-state index contributed by atoms with van der Waals surface area (Å²) in [5, 5.41) is 21.8. The summed E-state index contributed by atoms with van der Waals surface area (Å²) in [5.74, 6) is -2.70. The number of nitro groups is 1. The highest BCUT2D eigenvalue weighted by atomic mass is 16.8. The molecule has 3 aromatic carbocycles. The second-order valence-electron chi connectivity index (χ2n) is 9.03. The lowest BCUT2D eigenvalue weighted by atomic mass is 9.98. The van der Waals surface area contributed by atoms with Crippen LogP contribution in [0.25, 0.3) is 0 Å². The van der Waals surface area contributed by atoms with Gasteiger partial charge in [0.05, 0.1) is 16.1 Å². The average Bonchev–Trinajstić information content (AvgIpc) is 3.00. The van der Waals surface area contributed by atoms with E-state index in [0.29, 0.717) is 0 Å².